The van der Waals surface area contributed by atoms with Gasteiger partial charge in [0.1, 0.15) is 5.82 Å². The van der Waals surface area contributed by atoms with Crippen LogP contribution in [0.5, 0.6) is 0 Å². The van der Waals surface area contributed by atoms with Crippen LogP contribution in [-0.2, 0) is 0 Å². The Hall–Kier alpha value is -0.510. The van der Waals surface area contributed by atoms with Crippen LogP contribution in [0.15, 0.2) is 12.1 Å². The predicted octanol–water partition coefficient (Wildman–Crippen LogP) is 3.57. The quantitative estimate of drug-likeness (QED) is 0.912. The molecule has 1 N–H and O–H groups in total. The Balaban J connectivity index is 2.09. The monoisotopic (exact) mass is 290 g/mol. The number of rotatable bonds is 4. The lowest BCUT2D eigenvalue weighted by molar-refractivity contribution is 0.528. The molecule has 1 fully saturated rings. The third-order valence-corrected chi connectivity index (χ3v) is 3.84. The second-order valence-electron chi connectivity index (χ2n) is 4.63. The van der Waals surface area contributed by atoms with Gasteiger partial charge in [0.25, 0.3) is 0 Å². The molecule has 0 saturated carbocycles. The summed E-state index contributed by atoms with van der Waals surface area (Å²) in [6.45, 7) is 5.91. The molecule has 5 heteroatoms. The van der Waals surface area contributed by atoms with Crippen LogP contribution in [0.4, 0.5) is 10.1 Å². The molecule has 0 amide bonds. The van der Waals surface area contributed by atoms with Crippen molar-refractivity contribution in [3.8, 4) is 0 Å². The normalized spacial score (nSPS) is 19.6. The van der Waals surface area contributed by atoms with Gasteiger partial charge in [0, 0.05) is 13.1 Å². The highest BCUT2D eigenvalue weighted by Crippen LogP contribution is 2.37. The molecule has 1 aliphatic heterocycles. The van der Waals surface area contributed by atoms with Gasteiger partial charge in [-0.05, 0) is 37.6 Å². The molecule has 0 radical (unpaired) electrons. The van der Waals surface area contributed by atoms with Crippen molar-refractivity contribution in [3.05, 3.63) is 28.0 Å². The Morgan fingerprint density at radius 3 is 2.67 bits per heavy atom. The molecule has 100 valence electrons. The molecule has 1 unspecified atom stereocenters. The number of nitrogens with one attached hydrogen (secondary N) is 1. The van der Waals surface area contributed by atoms with Gasteiger partial charge in [-0.1, -0.05) is 30.1 Å². The molecular weight excluding hydrogens is 274 g/mol. The van der Waals surface area contributed by atoms with Crippen molar-refractivity contribution in [3.63, 3.8) is 0 Å². The van der Waals surface area contributed by atoms with Gasteiger partial charge in [-0.25, -0.2) is 4.39 Å². The first-order valence-electron chi connectivity index (χ1n) is 6.22. The zero-order chi connectivity index (χ0) is 13.1. The first-order chi connectivity index (χ1) is 8.61. The van der Waals surface area contributed by atoms with E-state index >= 15 is 0 Å². The molecule has 1 aromatic rings. The molecule has 18 heavy (non-hydrogen) atoms. The van der Waals surface area contributed by atoms with Crippen LogP contribution < -0.4 is 10.2 Å². The van der Waals surface area contributed by atoms with E-state index in [0.717, 1.165) is 38.3 Å². The van der Waals surface area contributed by atoms with Crippen LogP contribution >= 0.6 is 23.2 Å². The highest BCUT2D eigenvalue weighted by atomic mass is 35.5. The molecule has 0 spiro atoms. The second-order valence-corrected chi connectivity index (χ2v) is 5.44. The highest BCUT2D eigenvalue weighted by Gasteiger charge is 2.25. The summed E-state index contributed by atoms with van der Waals surface area (Å²) < 4.78 is 13.1. The fraction of sp³-hybridized carbons (Fsp3) is 0.538. The number of hydrogen-bond donors (Lipinski definition) is 1. The van der Waals surface area contributed by atoms with Gasteiger partial charge in [-0.2, -0.15) is 0 Å². The van der Waals surface area contributed by atoms with Gasteiger partial charge in [-0.3, -0.25) is 0 Å². The minimum atomic E-state index is -0.392. The molecule has 1 aromatic carbocycles. The first-order valence-corrected chi connectivity index (χ1v) is 6.97. The lowest BCUT2D eigenvalue weighted by Crippen LogP contribution is -2.26. The lowest BCUT2D eigenvalue weighted by atomic mass is 10.1. The van der Waals surface area contributed by atoms with Crippen molar-refractivity contribution in [2.24, 2.45) is 5.92 Å². The Labute approximate surface area is 117 Å². The molecule has 2 nitrogen and oxygen atoms in total. The van der Waals surface area contributed by atoms with Crippen molar-refractivity contribution in [1.29, 1.82) is 0 Å². The van der Waals surface area contributed by atoms with Crippen molar-refractivity contribution < 1.29 is 4.39 Å². The maximum Gasteiger partial charge on any atom is 0.126 e. The van der Waals surface area contributed by atoms with E-state index in [4.69, 9.17) is 23.2 Å². The second kappa shape index (κ2) is 6.09. The summed E-state index contributed by atoms with van der Waals surface area (Å²) in [7, 11) is 0. The van der Waals surface area contributed by atoms with Crippen molar-refractivity contribution in [2.45, 2.75) is 13.3 Å². The summed E-state index contributed by atoms with van der Waals surface area (Å²) in [5.41, 5.74) is 0.763. The number of hydrogen-bond acceptors (Lipinski definition) is 2. The van der Waals surface area contributed by atoms with Gasteiger partial charge in [-0.15, -0.1) is 0 Å². The predicted molar refractivity (Wildman–Crippen MR) is 75.3 cm³/mol. The third-order valence-electron chi connectivity index (χ3n) is 3.27. The van der Waals surface area contributed by atoms with Crippen LogP contribution in [0.25, 0.3) is 0 Å². The summed E-state index contributed by atoms with van der Waals surface area (Å²) in [5.74, 6) is 0.208. The molecule has 1 aliphatic rings. The summed E-state index contributed by atoms with van der Waals surface area (Å²) in [4.78, 5) is 2.14. The van der Waals surface area contributed by atoms with Crippen LogP contribution in [0, 0.1) is 11.7 Å². The molecular formula is C13H17Cl2FN2. The zero-order valence-corrected chi connectivity index (χ0v) is 11.9. The summed E-state index contributed by atoms with van der Waals surface area (Å²) >= 11 is 12.2. The molecule has 1 heterocycles. The smallest absolute Gasteiger partial charge is 0.126 e. The summed E-state index contributed by atoms with van der Waals surface area (Å²) in [6, 6.07) is 2.64. The Morgan fingerprint density at radius 2 is 2.06 bits per heavy atom. The number of nitrogens with zero attached hydrogens (tertiary/aromatic N) is 1. The van der Waals surface area contributed by atoms with E-state index in [0.29, 0.717) is 16.0 Å². The molecule has 0 aromatic heterocycles. The van der Waals surface area contributed by atoms with Gasteiger partial charge >= 0.3 is 0 Å². The minimum absolute atomic E-state index is 0.392. The largest absolute Gasteiger partial charge is 0.369 e. The van der Waals surface area contributed by atoms with E-state index in [1.54, 1.807) is 0 Å². The molecule has 0 aliphatic carbocycles. The lowest BCUT2D eigenvalue weighted by Gasteiger charge is -2.21. The average molecular weight is 291 g/mol. The van der Waals surface area contributed by atoms with Crippen molar-refractivity contribution >= 4 is 28.9 Å². The number of anilines is 1. The van der Waals surface area contributed by atoms with Gasteiger partial charge in [0.2, 0.25) is 0 Å². The topological polar surface area (TPSA) is 15.3 Å². The zero-order valence-electron chi connectivity index (χ0n) is 10.3. The summed E-state index contributed by atoms with van der Waals surface area (Å²) in [6.07, 6.45) is 1.11. The Morgan fingerprint density at radius 1 is 1.39 bits per heavy atom. The van der Waals surface area contributed by atoms with Crippen LogP contribution in [0.3, 0.4) is 0 Å². The maximum atomic E-state index is 13.1. The van der Waals surface area contributed by atoms with Gasteiger partial charge in [0.15, 0.2) is 0 Å². The molecule has 2 rings (SSSR count). The third kappa shape index (κ3) is 3.08. The number of benzene rings is 1. The van der Waals surface area contributed by atoms with E-state index in [1.807, 2.05) is 0 Å². The number of halogens is 3. The van der Waals surface area contributed by atoms with E-state index < -0.39 is 5.82 Å². The van der Waals surface area contributed by atoms with Crippen molar-refractivity contribution in [2.75, 3.05) is 31.1 Å². The van der Waals surface area contributed by atoms with E-state index in [-0.39, 0.29) is 0 Å². The van der Waals surface area contributed by atoms with Crippen LogP contribution in [-0.4, -0.2) is 26.2 Å². The standard InChI is InChI=1S/C13H17Cl2FN2/c1-2-17-7-9-3-4-18(8-9)13-11(14)5-10(16)6-12(13)15/h5-6,9,17H,2-4,7-8H2,1H3. The van der Waals surface area contributed by atoms with E-state index in [9.17, 15) is 4.39 Å². The van der Waals surface area contributed by atoms with Crippen LogP contribution in [0.1, 0.15) is 13.3 Å². The Bertz CT molecular complexity index is 402. The van der Waals surface area contributed by atoms with Crippen molar-refractivity contribution in [1.82, 2.24) is 5.32 Å². The SMILES string of the molecule is CCNCC1CCN(c2c(Cl)cc(F)cc2Cl)C1. The van der Waals surface area contributed by atoms with Gasteiger partial charge < -0.3 is 10.2 Å². The molecule has 1 saturated heterocycles. The fourth-order valence-corrected chi connectivity index (χ4v) is 3.09. The molecule has 1 atom stereocenters. The van der Waals surface area contributed by atoms with Crippen LogP contribution in [0.2, 0.25) is 10.0 Å². The minimum Gasteiger partial charge on any atom is -0.369 e. The first kappa shape index (κ1) is 13.9. The maximum absolute atomic E-state index is 13.1. The summed E-state index contributed by atoms with van der Waals surface area (Å²) in [5, 5.41) is 4.13. The highest BCUT2D eigenvalue weighted by molar-refractivity contribution is 6.39. The van der Waals surface area contributed by atoms with Gasteiger partial charge in [0.05, 0.1) is 15.7 Å². The fourth-order valence-electron chi connectivity index (χ4n) is 2.39. The molecule has 0 bridgehead atoms. The average Bonchev–Trinajstić information content (AvgIpc) is 2.73. The van der Waals surface area contributed by atoms with E-state index in [1.165, 1.54) is 12.1 Å². The Kier molecular flexibility index (Phi) is 4.71. The van der Waals surface area contributed by atoms with E-state index in [2.05, 4.69) is 17.1 Å².